The lowest BCUT2D eigenvalue weighted by molar-refractivity contribution is 0.251. The zero-order valence-corrected chi connectivity index (χ0v) is 12.1. The van der Waals surface area contributed by atoms with E-state index < -0.39 is 0 Å². The van der Waals surface area contributed by atoms with Gasteiger partial charge in [-0.05, 0) is 35.9 Å². The van der Waals surface area contributed by atoms with Crippen molar-refractivity contribution in [3.8, 4) is 5.69 Å². The Kier molecular flexibility index (Phi) is 4.20. The molecule has 110 valence electrons. The summed E-state index contributed by atoms with van der Waals surface area (Å²) in [4.78, 5) is 12.0. The molecule has 0 aliphatic carbocycles. The van der Waals surface area contributed by atoms with Crippen molar-refractivity contribution in [3.63, 3.8) is 0 Å². The molecule has 0 saturated heterocycles. The first-order chi connectivity index (χ1) is 10.8. The predicted octanol–water partition coefficient (Wildman–Crippen LogP) is 3.80. The van der Waals surface area contributed by atoms with Crippen LogP contribution in [0.4, 0.5) is 10.5 Å². The molecule has 0 aliphatic rings. The number of nitrogens with zero attached hydrogens (tertiary/aromatic N) is 1. The average molecular weight is 291 g/mol. The largest absolute Gasteiger partial charge is 0.334 e. The van der Waals surface area contributed by atoms with E-state index in [2.05, 4.69) is 10.6 Å². The van der Waals surface area contributed by atoms with Gasteiger partial charge in [-0.2, -0.15) is 0 Å². The molecule has 0 radical (unpaired) electrons. The van der Waals surface area contributed by atoms with Crippen LogP contribution in [0.1, 0.15) is 5.56 Å². The molecule has 0 bridgehead atoms. The first kappa shape index (κ1) is 13.9. The molecule has 2 amide bonds. The minimum absolute atomic E-state index is 0.214. The van der Waals surface area contributed by atoms with Crippen LogP contribution in [0.3, 0.4) is 0 Å². The quantitative estimate of drug-likeness (QED) is 0.754. The van der Waals surface area contributed by atoms with Crippen molar-refractivity contribution in [1.29, 1.82) is 0 Å². The van der Waals surface area contributed by atoms with E-state index in [1.54, 1.807) is 0 Å². The minimum Gasteiger partial charge on any atom is -0.334 e. The Hall–Kier alpha value is -3.01. The van der Waals surface area contributed by atoms with Gasteiger partial charge in [-0.25, -0.2) is 4.79 Å². The molecule has 2 aromatic carbocycles. The lowest BCUT2D eigenvalue weighted by Gasteiger charge is -2.12. The number of nitrogens with one attached hydrogen (secondary N) is 2. The number of rotatable bonds is 4. The molecule has 3 aromatic rings. The lowest BCUT2D eigenvalue weighted by Crippen LogP contribution is -2.28. The molecule has 0 fully saturated rings. The first-order valence-electron chi connectivity index (χ1n) is 7.14. The molecule has 2 N–H and O–H groups in total. The fraction of sp³-hybridized carbons (Fsp3) is 0.0556. The van der Waals surface area contributed by atoms with Crippen molar-refractivity contribution in [2.24, 2.45) is 0 Å². The van der Waals surface area contributed by atoms with E-state index in [0.717, 1.165) is 16.9 Å². The Labute approximate surface area is 129 Å². The van der Waals surface area contributed by atoms with E-state index in [1.165, 1.54) is 0 Å². The number of aromatic nitrogens is 1. The number of amides is 2. The van der Waals surface area contributed by atoms with E-state index >= 15 is 0 Å². The van der Waals surface area contributed by atoms with Crippen LogP contribution in [0, 0.1) is 0 Å². The molecule has 0 saturated carbocycles. The summed E-state index contributed by atoms with van der Waals surface area (Å²) in [6.07, 6.45) is 3.98. The van der Waals surface area contributed by atoms with E-state index in [4.69, 9.17) is 0 Å². The van der Waals surface area contributed by atoms with Gasteiger partial charge in [-0.1, -0.05) is 36.4 Å². The number of benzene rings is 2. The molecule has 3 rings (SSSR count). The van der Waals surface area contributed by atoms with E-state index in [0.29, 0.717) is 6.54 Å². The Morgan fingerprint density at radius 1 is 0.864 bits per heavy atom. The van der Waals surface area contributed by atoms with E-state index in [9.17, 15) is 4.79 Å². The summed E-state index contributed by atoms with van der Waals surface area (Å²) in [5.41, 5.74) is 2.90. The van der Waals surface area contributed by atoms with Crippen LogP contribution < -0.4 is 10.6 Å². The standard InChI is InChI=1S/C18H17N3O/c22-18(20-16-9-2-1-3-10-16)19-14-15-8-4-5-11-17(15)21-12-6-7-13-21/h1-13H,14H2,(H2,19,20,22). The second kappa shape index (κ2) is 6.63. The third-order valence-electron chi connectivity index (χ3n) is 3.35. The van der Waals surface area contributed by atoms with Crippen molar-refractivity contribution in [2.75, 3.05) is 5.32 Å². The Bertz CT molecular complexity index is 736. The highest BCUT2D eigenvalue weighted by atomic mass is 16.2. The fourth-order valence-corrected chi connectivity index (χ4v) is 2.28. The normalized spacial score (nSPS) is 10.2. The van der Waals surface area contributed by atoms with Crippen molar-refractivity contribution in [2.45, 2.75) is 6.54 Å². The van der Waals surface area contributed by atoms with Crippen molar-refractivity contribution in [1.82, 2.24) is 9.88 Å². The number of urea groups is 1. The number of carbonyl (C=O) groups excluding carboxylic acids is 1. The number of hydrogen-bond donors (Lipinski definition) is 2. The zero-order chi connectivity index (χ0) is 15.2. The van der Waals surface area contributed by atoms with Crippen LogP contribution in [-0.2, 0) is 6.54 Å². The molecule has 22 heavy (non-hydrogen) atoms. The van der Waals surface area contributed by atoms with Gasteiger partial charge in [0, 0.05) is 30.3 Å². The van der Waals surface area contributed by atoms with Gasteiger partial charge >= 0.3 is 6.03 Å². The minimum atomic E-state index is -0.214. The van der Waals surface area contributed by atoms with Gasteiger partial charge in [-0.15, -0.1) is 0 Å². The fourth-order valence-electron chi connectivity index (χ4n) is 2.28. The van der Waals surface area contributed by atoms with Crippen LogP contribution in [0.25, 0.3) is 5.69 Å². The third-order valence-corrected chi connectivity index (χ3v) is 3.35. The van der Waals surface area contributed by atoms with Crippen molar-refractivity contribution < 1.29 is 4.79 Å². The number of para-hydroxylation sites is 2. The Morgan fingerprint density at radius 3 is 2.32 bits per heavy atom. The maximum Gasteiger partial charge on any atom is 0.319 e. The number of hydrogen-bond acceptors (Lipinski definition) is 1. The Morgan fingerprint density at radius 2 is 1.55 bits per heavy atom. The predicted molar refractivity (Wildman–Crippen MR) is 88.1 cm³/mol. The molecule has 1 heterocycles. The van der Waals surface area contributed by atoms with Gasteiger partial charge in [0.1, 0.15) is 0 Å². The monoisotopic (exact) mass is 291 g/mol. The highest BCUT2D eigenvalue weighted by Crippen LogP contribution is 2.14. The van der Waals surface area contributed by atoms with Crippen LogP contribution in [0.15, 0.2) is 79.1 Å². The topological polar surface area (TPSA) is 46.1 Å². The van der Waals surface area contributed by atoms with Crippen LogP contribution in [-0.4, -0.2) is 10.6 Å². The number of anilines is 1. The van der Waals surface area contributed by atoms with Gasteiger partial charge in [0.25, 0.3) is 0 Å². The lowest BCUT2D eigenvalue weighted by atomic mass is 10.1. The molecule has 1 aromatic heterocycles. The summed E-state index contributed by atoms with van der Waals surface area (Å²) in [6.45, 7) is 0.465. The zero-order valence-electron chi connectivity index (χ0n) is 12.1. The second-order valence-corrected chi connectivity index (χ2v) is 4.89. The van der Waals surface area contributed by atoms with Gasteiger partial charge in [-0.3, -0.25) is 0 Å². The number of carbonyl (C=O) groups is 1. The molecule has 4 heteroatoms. The SMILES string of the molecule is O=C(NCc1ccccc1-n1cccc1)Nc1ccccc1. The average Bonchev–Trinajstić information content (AvgIpc) is 3.08. The summed E-state index contributed by atoms with van der Waals surface area (Å²) in [7, 11) is 0. The third kappa shape index (κ3) is 3.35. The maximum absolute atomic E-state index is 12.0. The molecular formula is C18H17N3O. The van der Waals surface area contributed by atoms with Gasteiger partial charge in [0.05, 0.1) is 0 Å². The van der Waals surface area contributed by atoms with Crippen LogP contribution in [0.2, 0.25) is 0 Å². The smallest absolute Gasteiger partial charge is 0.319 e. The molecule has 0 aliphatic heterocycles. The molecule has 4 nitrogen and oxygen atoms in total. The summed E-state index contributed by atoms with van der Waals surface area (Å²) in [6, 6.07) is 21.1. The van der Waals surface area contributed by atoms with Gasteiger partial charge in [0.2, 0.25) is 0 Å². The van der Waals surface area contributed by atoms with Gasteiger partial charge in [0.15, 0.2) is 0 Å². The summed E-state index contributed by atoms with van der Waals surface area (Å²) >= 11 is 0. The summed E-state index contributed by atoms with van der Waals surface area (Å²) in [5, 5.41) is 5.70. The molecular weight excluding hydrogens is 274 g/mol. The highest BCUT2D eigenvalue weighted by Gasteiger charge is 2.05. The van der Waals surface area contributed by atoms with Crippen LogP contribution in [0.5, 0.6) is 0 Å². The highest BCUT2D eigenvalue weighted by molar-refractivity contribution is 5.89. The van der Waals surface area contributed by atoms with E-state index in [-0.39, 0.29) is 6.03 Å². The summed E-state index contributed by atoms with van der Waals surface area (Å²) < 4.78 is 2.03. The maximum atomic E-state index is 12.0. The molecule has 0 atom stereocenters. The Balaban J connectivity index is 1.66. The first-order valence-corrected chi connectivity index (χ1v) is 7.14. The van der Waals surface area contributed by atoms with E-state index in [1.807, 2.05) is 83.7 Å². The molecule has 0 unspecified atom stereocenters. The van der Waals surface area contributed by atoms with Crippen molar-refractivity contribution >= 4 is 11.7 Å². The van der Waals surface area contributed by atoms with Crippen molar-refractivity contribution in [3.05, 3.63) is 84.7 Å². The van der Waals surface area contributed by atoms with Gasteiger partial charge < -0.3 is 15.2 Å². The summed E-state index contributed by atoms with van der Waals surface area (Å²) in [5.74, 6) is 0. The van der Waals surface area contributed by atoms with Crippen LogP contribution >= 0.6 is 0 Å². The molecule has 0 spiro atoms. The second-order valence-electron chi connectivity index (χ2n) is 4.89.